The van der Waals surface area contributed by atoms with Crippen LogP contribution in [0.15, 0.2) is 29.9 Å². The lowest BCUT2D eigenvalue weighted by Crippen LogP contribution is -1.93. The van der Waals surface area contributed by atoms with Crippen molar-refractivity contribution in [3.05, 3.63) is 34.9 Å². The summed E-state index contributed by atoms with van der Waals surface area (Å²) < 4.78 is 0. The molecule has 0 spiro atoms. The highest BCUT2D eigenvalue weighted by molar-refractivity contribution is 7.09. The van der Waals surface area contributed by atoms with Gasteiger partial charge >= 0.3 is 0 Å². The molecule has 0 atom stereocenters. The van der Waals surface area contributed by atoms with Crippen LogP contribution < -0.4 is 5.73 Å². The Morgan fingerprint density at radius 1 is 1.24 bits per heavy atom. The van der Waals surface area contributed by atoms with Crippen molar-refractivity contribution in [3.63, 3.8) is 0 Å². The van der Waals surface area contributed by atoms with Gasteiger partial charge in [-0.25, -0.2) is 15.0 Å². The Balaban J connectivity index is 2.22. The monoisotopic (exact) mass is 242 g/mol. The van der Waals surface area contributed by atoms with Crippen molar-refractivity contribution >= 4 is 28.1 Å². The lowest BCUT2D eigenvalue weighted by atomic mass is 10.1. The average molecular weight is 242 g/mol. The van der Waals surface area contributed by atoms with E-state index >= 15 is 0 Å². The number of aryl methyl sites for hydroxylation is 1. The molecule has 0 aliphatic heterocycles. The molecule has 3 rings (SSSR count). The Morgan fingerprint density at radius 3 is 2.88 bits per heavy atom. The van der Waals surface area contributed by atoms with Gasteiger partial charge in [0.1, 0.15) is 12.1 Å². The maximum Gasteiger partial charge on any atom is 0.134 e. The van der Waals surface area contributed by atoms with E-state index in [1.165, 1.54) is 6.33 Å². The van der Waals surface area contributed by atoms with Crippen LogP contribution in [0.5, 0.6) is 0 Å². The van der Waals surface area contributed by atoms with Gasteiger partial charge in [0.15, 0.2) is 0 Å². The summed E-state index contributed by atoms with van der Waals surface area (Å²) in [4.78, 5) is 12.6. The first kappa shape index (κ1) is 10.2. The normalized spacial score (nSPS) is 10.9. The number of hydrogen-bond acceptors (Lipinski definition) is 5. The molecule has 84 valence electrons. The third-order valence-corrected chi connectivity index (χ3v) is 3.35. The molecule has 2 aromatic heterocycles. The fourth-order valence-electron chi connectivity index (χ4n) is 1.73. The van der Waals surface area contributed by atoms with Gasteiger partial charge in [0, 0.05) is 16.3 Å². The van der Waals surface area contributed by atoms with Gasteiger partial charge in [-0.1, -0.05) is 6.07 Å². The van der Waals surface area contributed by atoms with E-state index < -0.39 is 0 Å². The highest BCUT2D eigenvalue weighted by atomic mass is 32.1. The molecule has 0 saturated carbocycles. The smallest absolute Gasteiger partial charge is 0.134 e. The van der Waals surface area contributed by atoms with Crippen molar-refractivity contribution in [2.45, 2.75) is 6.92 Å². The lowest BCUT2D eigenvalue weighted by molar-refractivity contribution is 1.23. The van der Waals surface area contributed by atoms with Crippen molar-refractivity contribution in [1.82, 2.24) is 15.0 Å². The van der Waals surface area contributed by atoms with E-state index in [0.29, 0.717) is 5.82 Å². The number of rotatable bonds is 1. The highest BCUT2D eigenvalue weighted by Crippen LogP contribution is 2.26. The number of thiazole rings is 1. The fourth-order valence-corrected chi connectivity index (χ4v) is 2.35. The van der Waals surface area contributed by atoms with Gasteiger partial charge in [-0.2, -0.15) is 0 Å². The second kappa shape index (κ2) is 3.78. The van der Waals surface area contributed by atoms with E-state index in [1.54, 1.807) is 11.3 Å². The van der Waals surface area contributed by atoms with E-state index in [0.717, 1.165) is 27.2 Å². The number of nitrogens with zero attached hydrogens (tertiary/aromatic N) is 3. The molecule has 4 nitrogen and oxygen atoms in total. The van der Waals surface area contributed by atoms with Gasteiger partial charge in [0.2, 0.25) is 0 Å². The Bertz CT molecular complexity index is 690. The second-order valence-electron chi connectivity index (χ2n) is 3.74. The van der Waals surface area contributed by atoms with Gasteiger partial charge in [0.05, 0.1) is 16.2 Å². The summed E-state index contributed by atoms with van der Waals surface area (Å²) in [5.41, 5.74) is 8.71. The van der Waals surface area contributed by atoms with Crippen LogP contribution in [0.25, 0.3) is 22.2 Å². The predicted molar refractivity (Wildman–Crippen MR) is 69.8 cm³/mol. The van der Waals surface area contributed by atoms with Gasteiger partial charge in [-0.15, -0.1) is 11.3 Å². The first-order valence-corrected chi connectivity index (χ1v) is 6.05. The van der Waals surface area contributed by atoms with Crippen molar-refractivity contribution in [2.24, 2.45) is 0 Å². The Morgan fingerprint density at radius 2 is 2.12 bits per heavy atom. The van der Waals surface area contributed by atoms with Crippen LogP contribution in [-0.4, -0.2) is 15.0 Å². The maximum atomic E-state index is 5.84. The molecular formula is C12H10N4S. The van der Waals surface area contributed by atoms with E-state index in [4.69, 9.17) is 5.73 Å². The summed E-state index contributed by atoms with van der Waals surface area (Å²) in [5, 5.41) is 3.96. The zero-order chi connectivity index (χ0) is 11.8. The third kappa shape index (κ3) is 1.74. The van der Waals surface area contributed by atoms with Gasteiger partial charge in [-0.3, -0.25) is 0 Å². The molecule has 2 N–H and O–H groups in total. The molecule has 3 aromatic rings. The molecule has 17 heavy (non-hydrogen) atoms. The largest absolute Gasteiger partial charge is 0.383 e. The van der Waals surface area contributed by atoms with Gasteiger partial charge in [-0.05, 0) is 19.1 Å². The summed E-state index contributed by atoms with van der Waals surface area (Å²) in [5.74, 6) is 0.504. The minimum absolute atomic E-state index is 0.504. The van der Waals surface area contributed by atoms with Crippen LogP contribution >= 0.6 is 11.3 Å². The second-order valence-corrected chi connectivity index (χ2v) is 4.80. The molecule has 0 unspecified atom stereocenters. The molecule has 0 radical (unpaired) electrons. The molecule has 0 bridgehead atoms. The minimum atomic E-state index is 0.504. The number of nitrogen functional groups attached to an aromatic ring is 1. The summed E-state index contributed by atoms with van der Waals surface area (Å²) in [6, 6.07) is 5.93. The number of aromatic nitrogens is 3. The number of benzene rings is 1. The summed E-state index contributed by atoms with van der Waals surface area (Å²) in [6.07, 6.45) is 1.48. The van der Waals surface area contributed by atoms with Crippen LogP contribution in [0.1, 0.15) is 5.01 Å². The predicted octanol–water partition coefficient (Wildman–Crippen LogP) is 2.64. The Labute approximate surface area is 102 Å². The van der Waals surface area contributed by atoms with E-state index in [9.17, 15) is 0 Å². The Hall–Kier alpha value is -2.01. The summed E-state index contributed by atoms with van der Waals surface area (Å²) in [6.45, 7) is 1.99. The topological polar surface area (TPSA) is 64.7 Å². The average Bonchev–Trinajstić information content (AvgIpc) is 2.76. The molecule has 0 saturated heterocycles. The van der Waals surface area contributed by atoms with Crippen LogP contribution in [0, 0.1) is 6.92 Å². The van der Waals surface area contributed by atoms with Crippen molar-refractivity contribution in [1.29, 1.82) is 0 Å². The van der Waals surface area contributed by atoms with E-state index in [1.807, 2.05) is 30.5 Å². The third-order valence-electron chi connectivity index (χ3n) is 2.58. The molecule has 1 aromatic carbocycles. The molecule has 0 amide bonds. The zero-order valence-electron chi connectivity index (χ0n) is 9.21. The lowest BCUT2D eigenvalue weighted by Gasteiger charge is -2.02. The van der Waals surface area contributed by atoms with Crippen molar-refractivity contribution < 1.29 is 0 Å². The molecule has 0 fully saturated rings. The molecule has 0 aliphatic carbocycles. The number of hydrogen-bond donors (Lipinski definition) is 1. The number of nitrogens with two attached hydrogens (primary N) is 1. The fraction of sp³-hybridized carbons (Fsp3) is 0.0833. The van der Waals surface area contributed by atoms with Crippen molar-refractivity contribution in [3.8, 4) is 11.3 Å². The van der Waals surface area contributed by atoms with Crippen LogP contribution in [0.4, 0.5) is 5.82 Å². The van der Waals surface area contributed by atoms with Gasteiger partial charge in [0.25, 0.3) is 0 Å². The summed E-state index contributed by atoms with van der Waals surface area (Å²) in [7, 11) is 0. The standard InChI is InChI=1S/C12H10N4S/c1-7-16-11(5-17-7)8-2-3-10-9(4-8)12(13)15-6-14-10/h2-6H,1H3,(H2,13,14,15). The SMILES string of the molecule is Cc1nc(-c2ccc3ncnc(N)c3c2)cs1. The maximum absolute atomic E-state index is 5.84. The molecule has 2 heterocycles. The molecule has 5 heteroatoms. The first-order valence-electron chi connectivity index (χ1n) is 5.17. The highest BCUT2D eigenvalue weighted by Gasteiger charge is 2.05. The van der Waals surface area contributed by atoms with Crippen LogP contribution in [0.3, 0.4) is 0 Å². The molecular weight excluding hydrogens is 232 g/mol. The molecule has 0 aliphatic rings. The van der Waals surface area contributed by atoms with E-state index in [2.05, 4.69) is 15.0 Å². The van der Waals surface area contributed by atoms with E-state index in [-0.39, 0.29) is 0 Å². The minimum Gasteiger partial charge on any atom is -0.383 e. The zero-order valence-corrected chi connectivity index (χ0v) is 10.0. The first-order chi connectivity index (χ1) is 8.24. The summed E-state index contributed by atoms with van der Waals surface area (Å²) >= 11 is 1.64. The van der Waals surface area contributed by atoms with Crippen molar-refractivity contribution in [2.75, 3.05) is 5.73 Å². The number of anilines is 1. The van der Waals surface area contributed by atoms with Crippen LogP contribution in [-0.2, 0) is 0 Å². The van der Waals surface area contributed by atoms with Crippen LogP contribution in [0.2, 0.25) is 0 Å². The van der Waals surface area contributed by atoms with Gasteiger partial charge < -0.3 is 5.73 Å². The Kier molecular flexibility index (Phi) is 2.26. The quantitative estimate of drug-likeness (QED) is 0.712. The number of fused-ring (bicyclic) bond motifs is 1.